The Labute approximate surface area is 110 Å². The summed E-state index contributed by atoms with van der Waals surface area (Å²) in [6, 6.07) is 4.96. The van der Waals surface area contributed by atoms with Crippen molar-refractivity contribution >= 4 is 34.8 Å². The lowest BCUT2D eigenvalue weighted by Crippen LogP contribution is -2.37. The first kappa shape index (κ1) is 12.5. The molecule has 1 heterocycles. The monoisotopic (exact) mass is 272 g/mol. The highest BCUT2D eigenvalue weighted by Crippen LogP contribution is 2.26. The van der Waals surface area contributed by atoms with Crippen LogP contribution in [0.15, 0.2) is 18.2 Å². The van der Waals surface area contributed by atoms with Gasteiger partial charge in [0.2, 0.25) is 5.91 Å². The van der Waals surface area contributed by atoms with Crippen LogP contribution in [0.1, 0.15) is 19.3 Å². The van der Waals surface area contributed by atoms with Crippen LogP contribution in [0, 0.1) is 0 Å². The molecule has 0 saturated carbocycles. The third-order valence-electron chi connectivity index (χ3n) is 2.79. The summed E-state index contributed by atoms with van der Waals surface area (Å²) in [7, 11) is 0. The van der Waals surface area contributed by atoms with Gasteiger partial charge in [0.05, 0.1) is 10.7 Å². The lowest BCUT2D eigenvalue weighted by molar-refractivity contribution is -0.121. The lowest BCUT2D eigenvalue weighted by atomic mass is 10.1. The Kier molecular flexibility index (Phi) is 4.13. The van der Waals surface area contributed by atoms with Crippen molar-refractivity contribution in [2.45, 2.75) is 25.3 Å². The van der Waals surface area contributed by atoms with Crippen molar-refractivity contribution < 1.29 is 4.79 Å². The Morgan fingerprint density at radius 3 is 2.94 bits per heavy atom. The summed E-state index contributed by atoms with van der Waals surface area (Å²) in [6.07, 6.45) is 2.86. The van der Waals surface area contributed by atoms with E-state index in [-0.39, 0.29) is 11.9 Å². The minimum Gasteiger partial charge on any atom is -0.372 e. The molecule has 1 aromatic carbocycles. The molecule has 17 heavy (non-hydrogen) atoms. The van der Waals surface area contributed by atoms with Crippen LogP contribution in [0.2, 0.25) is 10.0 Å². The van der Waals surface area contributed by atoms with Crippen molar-refractivity contribution in [1.29, 1.82) is 0 Å². The van der Waals surface area contributed by atoms with Crippen LogP contribution in [0.4, 0.5) is 5.69 Å². The van der Waals surface area contributed by atoms with Gasteiger partial charge >= 0.3 is 0 Å². The molecule has 0 radical (unpaired) electrons. The second kappa shape index (κ2) is 5.61. The van der Waals surface area contributed by atoms with E-state index in [0.29, 0.717) is 15.7 Å². The summed E-state index contributed by atoms with van der Waals surface area (Å²) in [5, 5.41) is 7.20. The van der Waals surface area contributed by atoms with E-state index in [1.807, 2.05) is 0 Å². The molecule has 1 saturated heterocycles. The standard InChI is InChI=1S/C12H14Cl2N2O/c13-8-4-5-9(14)11(7-8)16-10-3-1-2-6-15-12(10)17/h4-5,7,10,16H,1-3,6H2,(H,15,17). The maximum absolute atomic E-state index is 11.8. The number of anilines is 1. The van der Waals surface area contributed by atoms with E-state index in [1.165, 1.54) is 0 Å². The molecule has 1 aromatic rings. The molecule has 1 unspecified atom stereocenters. The molecule has 0 aliphatic carbocycles. The lowest BCUT2D eigenvalue weighted by Gasteiger charge is -2.17. The summed E-state index contributed by atoms with van der Waals surface area (Å²) in [4.78, 5) is 11.8. The highest BCUT2D eigenvalue weighted by molar-refractivity contribution is 6.35. The first-order chi connectivity index (χ1) is 8.16. The van der Waals surface area contributed by atoms with Gasteiger partial charge in [-0.3, -0.25) is 4.79 Å². The van der Waals surface area contributed by atoms with E-state index >= 15 is 0 Å². The Hall–Kier alpha value is -0.930. The van der Waals surface area contributed by atoms with E-state index in [2.05, 4.69) is 10.6 Å². The van der Waals surface area contributed by atoms with E-state index in [1.54, 1.807) is 18.2 Å². The topological polar surface area (TPSA) is 41.1 Å². The largest absolute Gasteiger partial charge is 0.372 e. The number of carbonyl (C=O) groups is 1. The fraction of sp³-hybridized carbons (Fsp3) is 0.417. The van der Waals surface area contributed by atoms with Crippen LogP contribution >= 0.6 is 23.2 Å². The quantitative estimate of drug-likeness (QED) is 0.869. The van der Waals surface area contributed by atoms with Crippen molar-refractivity contribution in [3.8, 4) is 0 Å². The molecule has 1 atom stereocenters. The van der Waals surface area contributed by atoms with Crippen LogP contribution in [0.3, 0.4) is 0 Å². The average Bonchev–Trinajstić information content (AvgIpc) is 2.50. The smallest absolute Gasteiger partial charge is 0.242 e. The SMILES string of the molecule is O=C1NCCCCC1Nc1cc(Cl)ccc1Cl. The maximum atomic E-state index is 11.8. The van der Waals surface area contributed by atoms with Crippen molar-refractivity contribution in [1.82, 2.24) is 5.32 Å². The van der Waals surface area contributed by atoms with Crippen molar-refractivity contribution in [2.24, 2.45) is 0 Å². The Morgan fingerprint density at radius 1 is 1.29 bits per heavy atom. The van der Waals surface area contributed by atoms with Gasteiger partial charge in [-0.15, -0.1) is 0 Å². The molecule has 1 fully saturated rings. The first-order valence-corrected chi connectivity index (χ1v) is 6.42. The average molecular weight is 273 g/mol. The van der Waals surface area contributed by atoms with Crippen molar-refractivity contribution in [3.63, 3.8) is 0 Å². The molecule has 0 bridgehead atoms. The van der Waals surface area contributed by atoms with Gasteiger partial charge in [0.1, 0.15) is 6.04 Å². The molecule has 3 nitrogen and oxygen atoms in total. The van der Waals surface area contributed by atoms with E-state index in [0.717, 1.165) is 25.8 Å². The molecule has 2 rings (SSSR count). The minimum absolute atomic E-state index is 0.0264. The number of rotatable bonds is 2. The van der Waals surface area contributed by atoms with E-state index in [4.69, 9.17) is 23.2 Å². The predicted molar refractivity (Wildman–Crippen MR) is 70.7 cm³/mol. The number of nitrogens with one attached hydrogen (secondary N) is 2. The van der Waals surface area contributed by atoms with Crippen LogP contribution in [-0.2, 0) is 4.79 Å². The number of benzene rings is 1. The molecule has 5 heteroatoms. The summed E-state index contributed by atoms with van der Waals surface area (Å²) in [5.41, 5.74) is 0.709. The highest BCUT2D eigenvalue weighted by Gasteiger charge is 2.20. The zero-order chi connectivity index (χ0) is 12.3. The number of carbonyl (C=O) groups excluding carboxylic acids is 1. The summed E-state index contributed by atoms with van der Waals surface area (Å²) >= 11 is 12.0. The maximum Gasteiger partial charge on any atom is 0.242 e. The molecule has 0 spiro atoms. The number of hydrogen-bond acceptors (Lipinski definition) is 2. The highest BCUT2D eigenvalue weighted by atomic mass is 35.5. The number of halogens is 2. The zero-order valence-electron chi connectivity index (χ0n) is 9.30. The van der Waals surface area contributed by atoms with Gasteiger partial charge in [-0.1, -0.05) is 23.2 Å². The fourth-order valence-corrected chi connectivity index (χ4v) is 2.22. The van der Waals surface area contributed by atoms with E-state index < -0.39 is 0 Å². The molecule has 1 amide bonds. The molecular formula is C12H14Cl2N2O. The second-order valence-corrected chi connectivity index (χ2v) is 4.95. The Morgan fingerprint density at radius 2 is 2.12 bits per heavy atom. The fourth-order valence-electron chi connectivity index (χ4n) is 1.87. The van der Waals surface area contributed by atoms with Gasteiger partial charge in [-0.25, -0.2) is 0 Å². The van der Waals surface area contributed by atoms with Crippen LogP contribution in [0.5, 0.6) is 0 Å². The molecular weight excluding hydrogens is 259 g/mol. The Bertz CT molecular complexity index is 423. The van der Waals surface area contributed by atoms with Crippen LogP contribution in [-0.4, -0.2) is 18.5 Å². The molecule has 2 N–H and O–H groups in total. The summed E-state index contributed by atoms with van der Waals surface area (Å²) in [5.74, 6) is 0.0264. The minimum atomic E-state index is -0.228. The van der Waals surface area contributed by atoms with Gasteiger partial charge in [0.15, 0.2) is 0 Å². The van der Waals surface area contributed by atoms with Gasteiger partial charge < -0.3 is 10.6 Å². The number of amides is 1. The first-order valence-electron chi connectivity index (χ1n) is 5.66. The van der Waals surface area contributed by atoms with Crippen molar-refractivity contribution in [2.75, 3.05) is 11.9 Å². The Balaban J connectivity index is 2.13. The zero-order valence-corrected chi connectivity index (χ0v) is 10.8. The predicted octanol–water partition coefficient (Wildman–Crippen LogP) is 3.07. The van der Waals surface area contributed by atoms with Crippen LogP contribution < -0.4 is 10.6 Å². The summed E-state index contributed by atoms with van der Waals surface area (Å²) in [6.45, 7) is 0.750. The van der Waals surface area contributed by atoms with Gasteiger partial charge in [0, 0.05) is 11.6 Å². The molecule has 92 valence electrons. The third-order valence-corrected chi connectivity index (χ3v) is 3.36. The molecule has 1 aliphatic rings. The summed E-state index contributed by atoms with van der Waals surface area (Å²) < 4.78 is 0. The number of hydrogen-bond donors (Lipinski definition) is 2. The van der Waals surface area contributed by atoms with E-state index in [9.17, 15) is 4.79 Å². The van der Waals surface area contributed by atoms with Gasteiger partial charge in [0.25, 0.3) is 0 Å². The third kappa shape index (κ3) is 3.27. The normalized spacial score (nSPS) is 20.6. The van der Waals surface area contributed by atoms with Crippen molar-refractivity contribution in [3.05, 3.63) is 28.2 Å². The van der Waals surface area contributed by atoms with Crippen LogP contribution in [0.25, 0.3) is 0 Å². The van der Waals surface area contributed by atoms with Gasteiger partial charge in [-0.05, 0) is 37.5 Å². The van der Waals surface area contributed by atoms with Gasteiger partial charge in [-0.2, -0.15) is 0 Å². The molecule has 0 aromatic heterocycles. The second-order valence-electron chi connectivity index (χ2n) is 4.11. The molecule has 1 aliphatic heterocycles.